The third-order valence-corrected chi connectivity index (χ3v) is 5.09. The number of aromatic hydroxyl groups is 1. The molecule has 0 spiro atoms. The topological polar surface area (TPSA) is 126 Å². The quantitative estimate of drug-likeness (QED) is 0.424. The Bertz CT molecular complexity index is 910. The van der Waals surface area contributed by atoms with Gasteiger partial charge in [-0.25, -0.2) is 4.79 Å². The van der Waals surface area contributed by atoms with Crippen LogP contribution in [0, 0.1) is 13.8 Å². The van der Waals surface area contributed by atoms with E-state index in [4.69, 9.17) is 14.9 Å². The van der Waals surface area contributed by atoms with Crippen molar-refractivity contribution in [3.8, 4) is 11.5 Å². The van der Waals surface area contributed by atoms with E-state index >= 15 is 0 Å². The number of phenols is 1. The van der Waals surface area contributed by atoms with Gasteiger partial charge >= 0.3 is 6.16 Å². The van der Waals surface area contributed by atoms with Gasteiger partial charge in [0.15, 0.2) is 6.10 Å². The molecule has 4 N–H and O–H groups in total. The first-order valence-electron chi connectivity index (χ1n) is 11.7. The van der Waals surface area contributed by atoms with E-state index in [2.05, 4.69) is 37.2 Å². The van der Waals surface area contributed by atoms with E-state index < -0.39 is 18.4 Å². The molecule has 0 saturated carbocycles. The van der Waals surface area contributed by atoms with E-state index in [1.165, 1.54) is 0 Å². The van der Waals surface area contributed by atoms with Gasteiger partial charge in [-0.15, -0.1) is 0 Å². The minimum Gasteiger partial charge on any atom is -0.508 e. The number of ether oxygens (including phenoxy) is 3. The van der Waals surface area contributed by atoms with Gasteiger partial charge in [-0.2, -0.15) is 0 Å². The van der Waals surface area contributed by atoms with Crippen LogP contribution in [-0.2, 0) is 9.47 Å². The predicted octanol–water partition coefficient (Wildman–Crippen LogP) is 4.19. The summed E-state index contributed by atoms with van der Waals surface area (Å²) >= 11 is 0. The van der Waals surface area contributed by atoms with E-state index in [0.29, 0.717) is 17.6 Å². The van der Waals surface area contributed by atoms with Gasteiger partial charge in [-0.05, 0) is 60.1 Å². The zero-order valence-corrected chi connectivity index (χ0v) is 21.5. The van der Waals surface area contributed by atoms with Crippen molar-refractivity contribution in [2.24, 2.45) is 0 Å². The molecular weight excluding hydrogens is 452 g/mol. The number of hydrogen-bond donors (Lipinski definition) is 4. The Labute approximate surface area is 208 Å². The summed E-state index contributed by atoms with van der Waals surface area (Å²) in [5, 5.41) is 35.7. The number of carbonyl (C=O) groups is 1. The molecular formula is C27H40O8. The van der Waals surface area contributed by atoms with Crippen LogP contribution in [0.25, 0.3) is 0 Å². The standard InChI is InChI=1S/C13H20O3.C10H14O.C4H6O4/c1-9(2)12-5-4-10(3)6-13(12)16-8-11(15)7-14;1-7(2)9-5-4-8(3)6-10(9)11;5-1-3-2-7-4(6)8-3/h4-6,9,11,14-15H,7-8H2,1-3H3;4-7,11H,1-3H3;3,5H,1-2H2. The fourth-order valence-corrected chi connectivity index (χ4v) is 3.08. The maximum absolute atomic E-state index is 10.1. The van der Waals surface area contributed by atoms with Crippen molar-refractivity contribution >= 4 is 6.16 Å². The van der Waals surface area contributed by atoms with Crippen molar-refractivity contribution in [3.63, 3.8) is 0 Å². The SMILES string of the molecule is Cc1ccc(C(C)C)c(O)c1.Cc1ccc(C(C)C)c(OCC(O)CO)c1.O=C1OCC(CO)O1. The van der Waals surface area contributed by atoms with Crippen molar-refractivity contribution in [3.05, 3.63) is 58.7 Å². The highest BCUT2D eigenvalue weighted by Gasteiger charge is 2.23. The van der Waals surface area contributed by atoms with Gasteiger partial charge in [0.2, 0.25) is 0 Å². The lowest BCUT2D eigenvalue weighted by Gasteiger charge is -2.16. The number of aliphatic hydroxyl groups excluding tert-OH is 3. The lowest BCUT2D eigenvalue weighted by atomic mass is 10.0. The number of aliphatic hydroxyl groups is 3. The molecule has 2 unspecified atom stereocenters. The first-order chi connectivity index (χ1) is 16.5. The maximum atomic E-state index is 10.1. The molecule has 1 aliphatic heterocycles. The number of benzene rings is 2. The van der Waals surface area contributed by atoms with Gasteiger partial charge in [-0.1, -0.05) is 52.0 Å². The molecule has 1 saturated heterocycles. The summed E-state index contributed by atoms with van der Waals surface area (Å²) in [6.45, 7) is 12.2. The lowest BCUT2D eigenvalue weighted by Crippen LogP contribution is -2.21. The average molecular weight is 493 g/mol. The Morgan fingerprint density at radius 1 is 0.971 bits per heavy atom. The Morgan fingerprint density at radius 3 is 1.97 bits per heavy atom. The van der Waals surface area contributed by atoms with Crippen LogP contribution in [0.5, 0.6) is 11.5 Å². The Kier molecular flexibility index (Phi) is 13.2. The van der Waals surface area contributed by atoms with E-state index in [1.807, 2.05) is 44.2 Å². The molecule has 0 radical (unpaired) electrons. The summed E-state index contributed by atoms with van der Waals surface area (Å²) in [5.74, 6) is 1.99. The number of cyclic esters (lactones) is 2. The lowest BCUT2D eigenvalue weighted by molar-refractivity contribution is 0.0532. The molecule has 2 aromatic rings. The second-order valence-corrected chi connectivity index (χ2v) is 9.04. The minimum atomic E-state index is -0.819. The van der Waals surface area contributed by atoms with E-state index in [1.54, 1.807) is 6.07 Å². The average Bonchev–Trinajstić information content (AvgIpc) is 3.23. The molecule has 3 rings (SSSR count). The first kappa shape index (κ1) is 30.2. The summed E-state index contributed by atoms with van der Waals surface area (Å²) in [7, 11) is 0. The third-order valence-electron chi connectivity index (χ3n) is 5.09. The molecule has 35 heavy (non-hydrogen) atoms. The fourth-order valence-electron chi connectivity index (χ4n) is 3.08. The van der Waals surface area contributed by atoms with Crippen molar-refractivity contribution in [1.29, 1.82) is 0 Å². The summed E-state index contributed by atoms with van der Waals surface area (Å²) in [6, 6.07) is 11.9. The van der Waals surface area contributed by atoms with Crippen LogP contribution in [0.2, 0.25) is 0 Å². The smallest absolute Gasteiger partial charge is 0.508 e. The monoisotopic (exact) mass is 492 g/mol. The molecule has 196 valence electrons. The molecule has 2 aromatic carbocycles. The molecule has 1 heterocycles. The zero-order chi connectivity index (χ0) is 26.5. The number of carbonyl (C=O) groups excluding carboxylic acids is 1. The molecule has 0 aliphatic carbocycles. The van der Waals surface area contributed by atoms with Crippen molar-refractivity contribution < 1.29 is 39.4 Å². The number of phenolic OH excluding ortho intramolecular Hbond substituents is 1. The molecule has 0 amide bonds. The minimum absolute atomic E-state index is 0.125. The van der Waals surface area contributed by atoms with Gasteiger partial charge in [-0.3, -0.25) is 0 Å². The highest BCUT2D eigenvalue weighted by atomic mass is 16.8. The summed E-state index contributed by atoms with van der Waals surface area (Å²) in [6.07, 6.45) is -1.95. The normalized spacial score (nSPS) is 15.4. The third kappa shape index (κ3) is 11.0. The Balaban J connectivity index is 0.000000279. The van der Waals surface area contributed by atoms with Crippen molar-refractivity contribution in [2.45, 2.75) is 65.6 Å². The fraction of sp³-hybridized carbons (Fsp3) is 0.519. The Hall–Kier alpha value is -2.81. The molecule has 1 fully saturated rings. The largest absolute Gasteiger partial charge is 0.508 e. The van der Waals surface area contributed by atoms with Gasteiger partial charge in [0.05, 0.1) is 13.2 Å². The second kappa shape index (κ2) is 15.2. The van der Waals surface area contributed by atoms with Crippen LogP contribution in [0.1, 0.15) is 61.8 Å². The predicted molar refractivity (Wildman–Crippen MR) is 134 cm³/mol. The summed E-state index contributed by atoms with van der Waals surface area (Å²) in [4.78, 5) is 10.1. The first-order valence-corrected chi connectivity index (χ1v) is 11.7. The van der Waals surface area contributed by atoms with Gasteiger partial charge < -0.3 is 34.6 Å². The molecule has 1 aliphatic rings. The highest BCUT2D eigenvalue weighted by molar-refractivity contribution is 5.61. The van der Waals surface area contributed by atoms with Gasteiger partial charge in [0, 0.05) is 0 Å². The van der Waals surface area contributed by atoms with Crippen molar-refractivity contribution in [2.75, 3.05) is 26.4 Å². The van der Waals surface area contributed by atoms with E-state index in [0.717, 1.165) is 28.0 Å². The van der Waals surface area contributed by atoms with E-state index in [9.17, 15) is 15.0 Å². The number of aryl methyl sites for hydroxylation is 2. The Morgan fingerprint density at radius 2 is 1.54 bits per heavy atom. The maximum Gasteiger partial charge on any atom is 0.508 e. The summed E-state index contributed by atoms with van der Waals surface area (Å²) < 4.78 is 14.3. The second-order valence-electron chi connectivity index (χ2n) is 9.04. The molecule has 8 nitrogen and oxygen atoms in total. The van der Waals surface area contributed by atoms with Crippen LogP contribution in [0.15, 0.2) is 36.4 Å². The van der Waals surface area contributed by atoms with Crippen LogP contribution in [-0.4, -0.2) is 65.2 Å². The van der Waals surface area contributed by atoms with Crippen LogP contribution in [0.4, 0.5) is 4.79 Å². The number of rotatable bonds is 7. The van der Waals surface area contributed by atoms with Crippen LogP contribution < -0.4 is 4.74 Å². The van der Waals surface area contributed by atoms with Crippen molar-refractivity contribution in [1.82, 2.24) is 0 Å². The van der Waals surface area contributed by atoms with Crippen LogP contribution in [0.3, 0.4) is 0 Å². The molecule has 0 aromatic heterocycles. The van der Waals surface area contributed by atoms with Crippen LogP contribution >= 0.6 is 0 Å². The summed E-state index contributed by atoms with van der Waals surface area (Å²) in [5.41, 5.74) is 4.37. The number of hydrogen-bond acceptors (Lipinski definition) is 8. The molecule has 8 heteroatoms. The molecule has 2 atom stereocenters. The zero-order valence-electron chi connectivity index (χ0n) is 21.5. The van der Waals surface area contributed by atoms with Gasteiger partial charge in [0.25, 0.3) is 0 Å². The van der Waals surface area contributed by atoms with Gasteiger partial charge in [0.1, 0.15) is 30.8 Å². The highest BCUT2D eigenvalue weighted by Crippen LogP contribution is 2.27. The molecule has 0 bridgehead atoms. The van der Waals surface area contributed by atoms with E-state index in [-0.39, 0.29) is 26.4 Å².